The first kappa shape index (κ1) is 5.14. The molecule has 2 aliphatic heterocycles. The van der Waals surface area contributed by atoms with E-state index in [0.717, 1.165) is 0 Å². The summed E-state index contributed by atoms with van der Waals surface area (Å²) in [6.07, 6.45) is 2.57. The van der Waals surface area contributed by atoms with E-state index in [0.29, 0.717) is 6.61 Å². The lowest BCUT2D eigenvalue weighted by atomic mass is 10.2. The maximum atomic E-state index is 10.8. The van der Waals surface area contributed by atoms with E-state index >= 15 is 0 Å². The lowest BCUT2D eigenvalue weighted by molar-refractivity contribution is -0.126. The number of carbonyl (C=O) groups excluding carboxylic acids is 1. The Hall–Kier alpha value is -0.670. The molecule has 2 rings (SSSR count). The summed E-state index contributed by atoms with van der Waals surface area (Å²) in [4.78, 5) is 10.8. The Bertz CT molecular complexity index is 173. The molecule has 2 heterocycles. The maximum Gasteiger partial charge on any atom is 0.186 e. The van der Waals surface area contributed by atoms with E-state index in [1.54, 1.807) is 6.08 Å². The Morgan fingerprint density at radius 1 is 1.67 bits per heavy atom. The smallest absolute Gasteiger partial charge is 0.186 e. The first-order valence-electron chi connectivity index (χ1n) is 2.85. The number of hydrogen-bond acceptors (Lipinski definition) is 3. The Balaban J connectivity index is 2.29. The highest BCUT2D eigenvalue weighted by Crippen LogP contribution is 2.17. The van der Waals surface area contributed by atoms with E-state index in [4.69, 9.17) is 9.47 Å². The van der Waals surface area contributed by atoms with Gasteiger partial charge in [-0.1, -0.05) is 0 Å². The second-order valence-corrected chi connectivity index (χ2v) is 2.09. The summed E-state index contributed by atoms with van der Waals surface area (Å²) >= 11 is 0. The van der Waals surface area contributed by atoms with Crippen LogP contribution in [-0.4, -0.2) is 24.8 Å². The average Bonchev–Trinajstić information content (AvgIpc) is 2.25. The minimum atomic E-state index is -0.319. The first-order valence-corrected chi connectivity index (χ1v) is 2.85. The van der Waals surface area contributed by atoms with Crippen molar-refractivity contribution in [2.45, 2.75) is 12.4 Å². The third-order valence-electron chi connectivity index (χ3n) is 1.45. The Morgan fingerprint density at radius 2 is 2.56 bits per heavy atom. The first-order chi connectivity index (χ1) is 4.36. The van der Waals surface area contributed by atoms with Crippen LogP contribution in [0.15, 0.2) is 12.2 Å². The number of ether oxygens (including phenoxy) is 2. The highest BCUT2D eigenvalue weighted by molar-refractivity contribution is 5.94. The van der Waals surface area contributed by atoms with Crippen LogP contribution in [0, 0.1) is 0 Å². The quantitative estimate of drug-likeness (QED) is 0.453. The zero-order chi connectivity index (χ0) is 6.27. The van der Waals surface area contributed by atoms with Crippen LogP contribution in [0.3, 0.4) is 0 Å². The average molecular weight is 126 g/mol. The van der Waals surface area contributed by atoms with E-state index in [2.05, 4.69) is 0 Å². The van der Waals surface area contributed by atoms with Gasteiger partial charge in [-0.25, -0.2) is 0 Å². The van der Waals surface area contributed by atoms with Crippen LogP contribution < -0.4 is 0 Å². The molecule has 0 radical (unpaired) electrons. The van der Waals surface area contributed by atoms with E-state index in [-0.39, 0.29) is 18.2 Å². The standard InChI is InChI=1S/C6H6O3/c7-4-1-2-6-8-3-5(4)9-6/h1-2,5-6H,3H2/t5-,6+/m1/s1. The van der Waals surface area contributed by atoms with E-state index in [1.807, 2.05) is 0 Å². The van der Waals surface area contributed by atoms with Gasteiger partial charge in [0, 0.05) is 0 Å². The summed E-state index contributed by atoms with van der Waals surface area (Å²) in [6.45, 7) is 0.413. The number of fused-ring (bicyclic) bond motifs is 2. The van der Waals surface area contributed by atoms with E-state index in [9.17, 15) is 4.79 Å². The molecule has 0 N–H and O–H groups in total. The van der Waals surface area contributed by atoms with Crippen LogP contribution in [0.25, 0.3) is 0 Å². The zero-order valence-electron chi connectivity index (χ0n) is 4.74. The van der Waals surface area contributed by atoms with Gasteiger partial charge in [0.15, 0.2) is 12.1 Å². The summed E-state index contributed by atoms with van der Waals surface area (Å²) < 4.78 is 10.1. The molecular formula is C6H6O3. The number of rotatable bonds is 0. The van der Waals surface area contributed by atoms with Crippen molar-refractivity contribution >= 4 is 5.78 Å². The van der Waals surface area contributed by atoms with Crippen LogP contribution in [-0.2, 0) is 14.3 Å². The largest absolute Gasteiger partial charge is 0.346 e. The second kappa shape index (κ2) is 1.65. The lowest BCUT2D eigenvalue weighted by Crippen LogP contribution is -2.24. The van der Waals surface area contributed by atoms with Crippen molar-refractivity contribution in [3.05, 3.63) is 12.2 Å². The van der Waals surface area contributed by atoms with Crippen LogP contribution in [0.2, 0.25) is 0 Å². The molecule has 0 aromatic carbocycles. The molecule has 48 valence electrons. The second-order valence-electron chi connectivity index (χ2n) is 2.09. The van der Waals surface area contributed by atoms with Gasteiger partial charge in [-0.3, -0.25) is 4.79 Å². The molecule has 1 saturated heterocycles. The molecule has 0 unspecified atom stereocenters. The van der Waals surface area contributed by atoms with Crippen LogP contribution in [0.1, 0.15) is 0 Å². The number of ketones is 1. The van der Waals surface area contributed by atoms with Crippen LogP contribution >= 0.6 is 0 Å². The Kier molecular flexibility index (Phi) is 0.944. The molecular weight excluding hydrogens is 120 g/mol. The van der Waals surface area contributed by atoms with Crippen molar-refractivity contribution in [3.63, 3.8) is 0 Å². The lowest BCUT2D eigenvalue weighted by Gasteiger charge is -2.08. The minimum absolute atomic E-state index is 0.0174. The van der Waals surface area contributed by atoms with Gasteiger partial charge in [-0.2, -0.15) is 0 Å². The molecule has 9 heavy (non-hydrogen) atoms. The van der Waals surface area contributed by atoms with Gasteiger partial charge < -0.3 is 9.47 Å². The summed E-state index contributed by atoms with van der Waals surface area (Å²) in [5.41, 5.74) is 0. The SMILES string of the molecule is O=C1C=C[C@H]2OC[C@H]1O2. The Labute approximate surface area is 52.3 Å². The topological polar surface area (TPSA) is 35.5 Å². The van der Waals surface area contributed by atoms with Crippen molar-refractivity contribution < 1.29 is 14.3 Å². The summed E-state index contributed by atoms with van der Waals surface area (Å²) in [5.74, 6) is 0.0174. The fourth-order valence-electron chi connectivity index (χ4n) is 0.954. The molecule has 0 saturated carbocycles. The molecule has 3 heteroatoms. The van der Waals surface area contributed by atoms with Gasteiger partial charge in [-0.15, -0.1) is 0 Å². The maximum absolute atomic E-state index is 10.8. The minimum Gasteiger partial charge on any atom is -0.346 e. The summed E-state index contributed by atoms with van der Waals surface area (Å²) in [7, 11) is 0. The molecule has 0 amide bonds. The van der Waals surface area contributed by atoms with Crippen LogP contribution in [0.5, 0.6) is 0 Å². The van der Waals surface area contributed by atoms with Gasteiger partial charge in [0.1, 0.15) is 6.10 Å². The summed E-state index contributed by atoms with van der Waals surface area (Å²) in [6, 6.07) is 0. The molecule has 0 aromatic heterocycles. The predicted molar refractivity (Wildman–Crippen MR) is 28.8 cm³/mol. The molecule has 3 nitrogen and oxygen atoms in total. The molecule has 2 atom stereocenters. The van der Waals surface area contributed by atoms with Crippen molar-refractivity contribution in [3.8, 4) is 0 Å². The molecule has 2 aliphatic rings. The zero-order valence-corrected chi connectivity index (χ0v) is 4.74. The molecule has 2 bridgehead atoms. The number of carbonyl (C=O) groups is 1. The molecule has 0 spiro atoms. The molecule has 0 aromatic rings. The van der Waals surface area contributed by atoms with Crippen LogP contribution in [0.4, 0.5) is 0 Å². The van der Waals surface area contributed by atoms with Gasteiger partial charge >= 0.3 is 0 Å². The fraction of sp³-hybridized carbons (Fsp3) is 0.500. The third kappa shape index (κ3) is 0.693. The predicted octanol–water partition coefficient (Wildman–Crippen LogP) is -0.133. The monoisotopic (exact) mass is 126 g/mol. The van der Waals surface area contributed by atoms with Gasteiger partial charge in [0.2, 0.25) is 0 Å². The third-order valence-corrected chi connectivity index (χ3v) is 1.45. The highest BCUT2D eigenvalue weighted by atomic mass is 16.7. The molecule has 0 aliphatic carbocycles. The van der Waals surface area contributed by atoms with E-state index < -0.39 is 0 Å². The Morgan fingerprint density at radius 3 is 3.33 bits per heavy atom. The van der Waals surface area contributed by atoms with Crippen molar-refractivity contribution in [1.82, 2.24) is 0 Å². The fourth-order valence-corrected chi connectivity index (χ4v) is 0.954. The number of hydrogen-bond donors (Lipinski definition) is 0. The van der Waals surface area contributed by atoms with Crippen molar-refractivity contribution in [1.29, 1.82) is 0 Å². The van der Waals surface area contributed by atoms with Gasteiger partial charge in [0.25, 0.3) is 0 Å². The van der Waals surface area contributed by atoms with E-state index in [1.165, 1.54) is 6.08 Å². The summed E-state index contributed by atoms with van der Waals surface area (Å²) in [5, 5.41) is 0. The van der Waals surface area contributed by atoms with Gasteiger partial charge in [-0.05, 0) is 12.2 Å². The molecule has 1 fully saturated rings. The normalized spacial score (nSPS) is 39.8. The highest BCUT2D eigenvalue weighted by Gasteiger charge is 2.32. The van der Waals surface area contributed by atoms with Gasteiger partial charge in [0.05, 0.1) is 6.61 Å². The van der Waals surface area contributed by atoms with Crippen molar-refractivity contribution in [2.75, 3.05) is 6.61 Å². The van der Waals surface area contributed by atoms with Crippen molar-refractivity contribution in [2.24, 2.45) is 0 Å².